The highest BCUT2D eigenvalue weighted by Gasteiger charge is 2.17. The molecule has 0 radical (unpaired) electrons. The van der Waals surface area contributed by atoms with Gasteiger partial charge in [0, 0.05) is 4.47 Å². The second-order valence-electron chi connectivity index (χ2n) is 7.10. The molecule has 4 aromatic carbocycles. The molecule has 0 fully saturated rings. The van der Waals surface area contributed by atoms with Crippen LogP contribution in [0.2, 0.25) is 0 Å². The van der Waals surface area contributed by atoms with Crippen molar-refractivity contribution in [1.29, 1.82) is 0 Å². The van der Waals surface area contributed by atoms with E-state index in [2.05, 4.69) is 31.3 Å². The molecule has 9 heteroatoms. The Morgan fingerprint density at radius 1 is 0.647 bits per heavy atom. The van der Waals surface area contributed by atoms with Gasteiger partial charge >= 0.3 is 6.03 Å². The zero-order chi connectivity index (χ0) is 24.0. The fraction of sp³-hybridized carbons (Fsp3) is 0. The van der Waals surface area contributed by atoms with E-state index in [1.807, 2.05) is 36.4 Å². The molecule has 0 aliphatic heterocycles. The number of urea groups is 1. The van der Waals surface area contributed by atoms with Gasteiger partial charge in [-0.15, -0.1) is 0 Å². The van der Waals surface area contributed by atoms with Crippen molar-refractivity contribution in [2.24, 2.45) is 0 Å². The first-order chi connectivity index (χ1) is 16.4. The first kappa shape index (κ1) is 23.3. The normalized spacial score (nSPS) is 10.9. The minimum absolute atomic E-state index is 0.0559. The van der Waals surface area contributed by atoms with Gasteiger partial charge in [-0.1, -0.05) is 42.5 Å². The van der Waals surface area contributed by atoms with E-state index in [0.29, 0.717) is 22.9 Å². The van der Waals surface area contributed by atoms with E-state index >= 15 is 0 Å². The Morgan fingerprint density at radius 2 is 1.18 bits per heavy atom. The maximum absolute atomic E-state index is 13.0. The van der Waals surface area contributed by atoms with E-state index in [1.165, 1.54) is 12.1 Å². The number of hydrogen-bond acceptors (Lipinski definition) is 4. The SMILES string of the molecule is O=C(Nc1ccccc1Br)Nc1ccccc1NS(=O)(=O)c1ccc(Oc2ccccc2)cc1. The van der Waals surface area contributed by atoms with Gasteiger partial charge in [0.2, 0.25) is 0 Å². The maximum Gasteiger partial charge on any atom is 0.323 e. The Hall–Kier alpha value is -3.82. The second-order valence-corrected chi connectivity index (χ2v) is 9.63. The van der Waals surface area contributed by atoms with Crippen LogP contribution in [0.1, 0.15) is 0 Å². The van der Waals surface area contributed by atoms with Crippen molar-refractivity contribution in [3.63, 3.8) is 0 Å². The van der Waals surface area contributed by atoms with Crippen LogP contribution >= 0.6 is 15.9 Å². The molecule has 0 aromatic heterocycles. The van der Waals surface area contributed by atoms with Gasteiger partial charge in [0.1, 0.15) is 11.5 Å². The molecule has 2 amide bonds. The maximum atomic E-state index is 13.0. The summed E-state index contributed by atoms with van der Waals surface area (Å²) in [7, 11) is -3.91. The summed E-state index contributed by atoms with van der Waals surface area (Å²) in [6.07, 6.45) is 0. The van der Waals surface area contributed by atoms with Gasteiger partial charge in [-0.25, -0.2) is 13.2 Å². The molecule has 4 rings (SSSR count). The van der Waals surface area contributed by atoms with Crippen molar-refractivity contribution in [2.45, 2.75) is 4.90 Å². The highest BCUT2D eigenvalue weighted by molar-refractivity contribution is 9.10. The molecule has 7 nitrogen and oxygen atoms in total. The molecular weight excluding hydrogens is 518 g/mol. The van der Waals surface area contributed by atoms with Gasteiger partial charge in [-0.05, 0) is 76.6 Å². The van der Waals surface area contributed by atoms with Crippen LogP contribution in [-0.4, -0.2) is 14.4 Å². The van der Waals surface area contributed by atoms with Crippen LogP contribution in [-0.2, 0) is 10.0 Å². The lowest BCUT2D eigenvalue weighted by molar-refractivity contribution is 0.262. The zero-order valence-electron chi connectivity index (χ0n) is 17.7. The first-order valence-corrected chi connectivity index (χ1v) is 12.5. The molecule has 0 bridgehead atoms. The van der Waals surface area contributed by atoms with Crippen LogP contribution in [0.3, 0.4) is 0 Å². The van der Waals surface area contributed by atoms with Crippen molar-refractivity contribution in [3.8, 4) is 11.5 Å². The average Bonchev–Trinajstić information content (AvgIpc) is 2.83. The highest BCUT2D eigenvalue weighted by atomic mass is 79.9. The molecule has 0 heterocycles. The third kappa shape index (κ3) is 5.94. The van der Waals surface area contributed by atoms with E-state index in [4.69, 9.17) is 4.74 Å². The Morgan fingerprint density at radius 3 is 1.85 bits per heavy atom. The van der Waals surface area contributed by atoms with Crippen molar-refractivity contribution < 1.29 is 17.9 Å². The molecule has 3 N–H and O–H groups in total. The van der Waals surface area contributed by atoms with Crippen molar-refractivity contribution in [2.75, 3.05) is 15.4 Å². The van der Waals surface area contributed by atoms with Gasteiger partial charge in [-0.3, -0.25) is 4.72 Å². The molecule has 0 saturated carbocycles. The Balaban J connectivity index is 1.47. The lowest BCUT2D eigenvalue weighted by atomic mass is 10.3. The summed E-state index contributed by atoms with van der Waals surface area (Å²) in [6, 6.07) is 28.5. The highest BCUT2D eigenvalue weighted by Crippen LogP contribution is 2.27. The Bertz CT molecular complexity index is 1400. The van der Waals surface area contributed by atoms with Gasteiger partial charge in [-0.2, -0.15) is 0 Å². The summed E-state index contributed by atoms with van der Waals surface area (Å²) in [5.74, 6) is 1.16. The predicted octanol–water partition coefficient (Wildman–Crippen LogP) is 6.69. The van der Waals surface area contributed by atoms with Gasteiger partial charge in [0.25, 0.3) is 10.0 Å². The number of benzene rings is 4. The summed E-state index contributed by atoms with van der Waals surface area (Å²) in [6.45, 7) is 0. The first-order valence-electron chi connectivity index (χ1n) is 10.2. The minimum Gasteiger partial charge on any atom is -0.457 e. The topological polar surface area (TPSA) is 96.5 Å². The summed E-state index contributed by atoms with van der Waals surface area (Å²) in [5.41, 5.74) is 1.12. The molecule has 0 atom stereocenters. The number of carbonyl (C=O) groups excluding carboxylic acids is 1. The molecule has 34 heavy (non-hydrogen) atoms. The van der Waals surface area contributed by atoms with Gasteiger partial charge < -0.3 is 15.4 Å². The average molecular weight is 538 g/mol. The monoisotopic (exact) mass is 537 g/mol. The number of para-hydroxylation sites is 4. The summed E-state index contributed by atoms with van der Waals surface area (Å²) in [5, 5.41) is 5.40. The number of halogens is 1. The minimum atomic E-state index is -3.91. The van der Waals surface area contributed by atoms with Crippen LogP contribution in [0.5, 0.6) is 11.5 Å². The van der Waals surface area contributed by atoms with E-state index < -0.39 is 16.1 Å². The quantitative estimate of drug-likeness (QED) is 0.244. The van der Waals surface area contributed by atoms with E-state index in [9.17, 15) is 13.2 Å². The predicted molar refractivity (Wildman–Crippen MR) is 137 cm³/mol. The lowest BCUT2D eigenvalue weighted by Crippen LogP contribution is -2.21. The fourth-order valence-electron chi connectivity index (χ4n) is 3.03. The third-order valence-corrected chi connectivity index (χ3v) is 6.73. The van der Waals surface area contributed by atoms with Crippen LogP contribution in [0.15, 0.2) is 112 Å². The van der Waals surface area contributed by atoms with Crippen molar-refractivity contribution in [3.05, 3.63) is 108 Å². The number of nitrogens with one attached hydrogen (secondary N) is 3. The summed E-state index contributed by atoms with van der Waals surface area (Å²) >= 11 is 3.37. The number of rotatable bonds is 7. The zero-order valence-corrected chi connectivity index (χ0v) is 20.1. The van der Waals surface area contributed by atoms with Crippen molar-refractivity contribution >= 4 is 49.0 Å². The van der Waals surface area contributed by atoms with E-state index in [1.54, 1.807) is 54.6 Å². The van der Waals surface area contributed by atoms with Crippen LogP contribution in [0.25, 0.3) is 0 Å². The molecule has 172 valence electrons. The number of ether oxygens (including phenoxy) is 1. The Kier molecular flexibility index (Phi) is 7.15. The molecule has 0 unspecified atom stereocenters. The van der Waals surface area contributed by atoms with Crippen LogP contribution < -0.4 is 20.1 Å². The number of hydrogen-bond donors (Lipinski definition) is 3. The number of carbonyl (C=O) groups is 1. The largest absolute Gasteiger partial charge is 0.457 e. The van der Waals surface area contributed by atoms with E-state index in [0.717, 1.165) is 4.47 Å². The van der Waals surface area contributed by atoms with Crippen LogP contribution in [0.4, 0.5) is 21.9 Å². The standard InChI is InChI=1S/C25H20BrN3O4S/c26-21-10-4-5-11-22(21)27-25(30)28-23-12-6-7-13-24(23)29-34(31,32)20-16-14-19(15-17-20)33-18-8-2-1-3-9-18/h1-17,29H,(H2,27,28,30). The molecule has 0 aliphatic carbocycles. The number of anilines is 3. The van der Waals surface area contributed by atoms with Crippen molar-refractivity contribution in [1.82, 2.24) is 0 Å². The molecular formula is C25H20BrN3O4S. The smallest absolute Gasteiger partial charge is 0.323 e. The summed E-state index contributed by atoms with van der Waals surface area (Å²) < 4.78 is 34.9. The van der Waals surface area contributed by atoms with Gasteiger partial charge in [0.15, 0.2) is 0 Å². The molecule has 0 aliphatic rings. The molecule has 4 aromatic rings. The summed E-state index contributed by atoms with van der Waals surface area (Å²) in [4.78, 5) is 12.5. The van der Waals surface area contributed by atoms with Crippen LogP contribution in [0, 0.1) is 0 Å². The number of sulfonamides is 1. The molecule has 0 spiro atoms. The second kappa shape index (κ2) is 10.4. The molecule has 0 saturated heterocycles. The number of amides is 2. The Labute approximate surface area is 206 Å². The van der Waals surface area contributed by atoms with E-state index in [-0.39, 0.29) is 10.6 Å². The lowest BCUT2D eigenvalue weighted by Gasteiger charge is -2.15. The fourth-order valence-corrected chi connectivity index (χ4v) is 4.50. The van der Waals surface area contributed by atoms with Gasteiger partial charge in [0.05, 0.1) is 22.0 Å². The third-order valence-electron chi connectivity index (χ3n) is 4.65.